The highest BCUT2D eigenvalue weighted by Crippen LogP contribution is 2.51. The fourth-order valence-electron chi connectivity index (χ4n) is 2.97. The van der Waals surface area contributed by atoms with Crippen molar-refractivity contribution < 1.29 is 41.0 Å². The van der Waals surface area contributed by atoms with Crippen LogP contribution in [0, 0.1) is 0 Å². The summed E-state index contributed by atoms with van der Waals surface area (Å²) in [6.07, 6.45) is -12.4. The molecule has 0 saturated carbocycles. The van der Waals surface area contributed by atoms with E-state index in [4.69, 9.17) is 5.73 Å². The molecule has 0 unspecified atom stereocenters. The van der Waals surface area contributed by atoms with Gasteiger partial charge in [-0.15, -0.1) is 0 Å². The number of carbonyl (C=O) groups is 2. The maximum Gasteiger partial charge on any atom is 0.430 e. The molecule has 0 spiro atoms. The Morgan fingerprint density at radius 2 is 1.48 bits per heavy atom. The third-order valence-corrected chi connectivity index (χ3v) is 4.31. The Kier molecular flexibility index (Phi) is 4.27. The Bertz CT molecular complexity index is 1090. The normalized spacial score (nSPS) is 14.7. The number of halogens is 6. The standard InChI is InChI=1S/C16H9F6N3O4/c17-15(18,19)14(29,16(20,21)22)7-3-1-2-4-8(7)25-9(26)5-6-10(11(25)23)13(28)24-12(6)27/h1-5,29H,23H2,(H,24,27,28). The van der Waals surface area contributed by atoms with Crippen molar-refractivity contribution in [3.63, 3.8) is 0 Å². The summed E-state index contributed by atoms with van der Waals surface area (Å²) in [7, 11) is 0. The first-order valence-corrected chi connectivity index (χ1v) is 7.58. The average molecular weight is 421 g/mol. The summed E-state index contributed by atoms with van der Waals surface area (Å²) in [6.45, 7) is 0. The average Bonchev–Trinajstić information content (AvgIpc) is 2.86. The highest BCUT2D eigenvalue weighted by molar-refractivity contribution is 6.23. The number of aromatic nitrogens is 1. The van der Waals surface area contributed by atoms with E-state index < -0.39 is 63.5 Å². The SMILES string of the molecule is Nc1c2c(cc(=O)n1-c1ccccc1C(O)(C(F)(F)F)C(F)(F)F)C(=O)NC2=O. The molecule has 154 valence electrons. The van der Waals surface area contributed by atoms with Gasteiger partial charge in [0, 0.05) is 11.6 Å². The van der Waals surface area contributed by atoms with E-state index >= 15 is 0 Å². The van der Waals surface area contributed by atoms with Crippen molar-refractivity contribution in [3.8, 4) is 5.69 Å². The van der Waals surface area contributed by atoms with Crippen LogP contribution in [-0.2, 0) is 5.60 Å². The monoisotopic (exact) mass is 421 g/mol. The number of nitrogens with one attached hydrogen (secondary N) is 1. The minimum absolute atomic E-state index is 0.189. The maximum absolute atomic E-state index is 13.3. The number of nitrogens with zero attached hydrogens (tertiary/aromatic N) is 1. The molecule has 0 bridgehead atoms. The van der Waals surface area contributed by atoms with Crippen LogP contribution < -0.4 is 16.6 Å². The summed E-state index contributed by atoms with van der Waals surface area (Å²) < 4.78 is 80.1. The largest absolute Gasteiger partial charge is 0.430 e. The molecule has 1 aromatic carbocycles. The number of para-hydroxylation sites is 1. The third-order valence-electron chi connectivity index (χ3n) is 4.31. The summed E-state index contributed by atoms with van der Waals surface area (Å²) in [6, 6.07) is 3.32. The molecule has 0 aliphatic carbocycles. The van der Waals surface area contributed by atoms with Gasteiger partial charge in [-0.1, -0.05) is 18.2 Å². The molecule has 2 heterocycles. The lowest BCUT2D eigenvalue weighted by atomic mass is 9.90. The molecule has 13 heteroatoms. The lowest BCUT2D eigenvalue weighted by Gasteiger charge is -2.34. The molecule has 1 aromatic heterocycles. The van der Waals surface area contributed by atoms with Crippen LogP contribution in [0.1, 0.15) is 26.3 Å². The van der Waals surface area contributed by atoms with Gasteiger partial charge >= 0.3 is 12.4 Å². The van der Waals surface area contributed by atoms with Gasteiger partial charge in [-0.05, 0) is 6.07 Å². The van der Waals surface area contributed by atoms with Gasteiger partial charge in [-0.2, -0.15) is 26.3 Å². The number of pyridine rings is 1. The Labute approximate surface area is 156 Å². The molecule has 0 fully saturated rings. The van der Waals surface area contributed by atoms with E-state index in [1.54, 1.807) is 5.32 Å². The fraction of sp³-hybridized carbons (Fsp3) is 0.188. The molecular weight excluding hydrogens is 412 g/mol. The molecule has 3 rings (SSSR count). The van der Waals surface area contributed by atoms with E-state index in [9.17, 15) is 45.8 Å². The highest BCUT2D eigenvalue weighted by atomic mass is 19.4. The number of benzene rings is 1. The zero-order chi connectivity index (χ0) is 21.9. The van der Waals surface area contributed by atoms with Crippen molar-refractivity contribution in [1.82, 2.24) is 9.88 Å². The third kappa shape index (κ3) is 2.76. The van der Waals surface area contributed by atoms with E-state index in [1.165, 1.54) is 0 Å². The number of rotatable bonds is 2. The summed E-state index contributed by atoms with van der Waals surface area (Å²) in [5.41, 5.74) is -4.85. The molecule has 29 heavy (non-hydrogen) atoms. The van der Waals surface area contributed by atoms with Crippen molar-refractivity contribution in [2.45, 2.75) is 18.0 Å². The van der Waals surface area contributed by atoms with Crippen LogP contribution in [0.2, 0.25) is 0 Å². The molecule has 2 amide bonds. The minimum Gasteiger partial charge on any atom is -0.384 e. The van der Waals surface area contributed by atoms with Gasteiger partial charge in [0.2, 0.25) is 0 Å². The minimum atomic E-state index is -6.22. The summed E-state index contributed by atoms with van der Waals surface area (Å²) >= 11 is 0. The van der Waals surface area contributed by atoms with Crippen LogP contribution in [0.4, 0.5) is 32.2 Å². The Balaban J connectivity index is 2.41. The Morgan fingerprint density at radius 1 is 0.931 bits per heavy atom. The molecule has 4 N–H and O–H groups in total. The first kappa shape index (κ1) is 20.4. The quantitative estimate of drug-likeness (QED) is 0.504. The lowest BCUT2D eigenvalue weighted by Crippen LogP contribution is -2.54. The number of nitrogen functional groups attached to an aromatic ring is 1. The number of hydrogen-bond acceptors (Lipinski definition) is 5. The van der Waals surface area contributed by atoms with Gasteiger partial charge < -0.3 is 10.8 Å². The molecule has 0 saturated heterocycles. The zero-order valence-electron chi connectivity index (χ0n) is 13.9. The number of aliphatic hydroxyl groups is 1. The summed E-state index contributed by atoms with van der Waals surface area (Å²) in [5, 5.41) is 11.5. The number of fused-ring (bicyclic) bond motifs is 1. The topological polar surface area (TPSA) is 114 Å². The number of imide groups is 1. The number of carbonyl (C=O) groups excluding carboxylic acids is 2. The molecule has 1 aliphatic rings. The van der Waals surface area contributed by atoms with Crippen molar-refractivity contribution in [3.05, 3.63) is 57.4 Å². The van der Waals surface area contributed by atoms with Gasteiger partial charge in [-0.3, -0.25) is 24.3 Å². The highest BCUT2D eigenvalue weighted by Gasteiger charge is 2.72. The van der Waals surface area contributed by atoms with E-state index in [2.05, 4.69) is 0 Å². The second kappa shape index (κ2) is 6.07. The molecule has 0 radical (unpaired) electrons. The number of amides is 2. The first-order valence-electron chi connectivity index (χ1n) is 7.58. The molecule has 2 aromatic rings. The van der Waals surface area contributed by atoms with Gasteiger partial charge in [-0.25, -0.2) is 0 Å². The lowest BCUT2D eigenvalue weighted by molar-refractivity contribution is -0.376. The smallest absolute Gasteiger partial charge is 0.384 e. The van der Waals surface area contributed by atoms with Crippen LogP contribution >= 0.6 is 0 Å². The first-order chi connectivity index (χ1) is 13.2. The fourth-order valence-corrected chi connectivity index (χ4v) is 2.97. The molecular formula is C16H9F6N3O4. The van der Waals surface area contributed by atoms with Gasteiger partial charge in [0.25, 0.3) is 23.0 Å². The van der Waals surface area contributed by atoms with E-state index in [1.807, 2.05) is 0 Å². The number of hydrogen-bond donors (Lipinski definition) is 3. The Hall–Kier alpha value is -3.35. The van der Waals surface area contributed by atoms with Crippen molar-refractivity contribution in [2.75, 3.05) is 5.73 Å². The van der Waals surface area contributed by atoms with Crippen LogP contribution in [0.25, 0.3) is 5.69 Å². The van der Waals surface area contributed by atoms with Crippen molar-refractivity contribution >= 4 is 17.6 Å². The zero-order valence-corrected chi connectivity index (χ0v) is 13.9. The Morgan fingerprint density at radius 3 is 2.03 bits per heavy atom. The van der Waals surface area contributed by atoms with Gasteiger partial charge in [0.15, 0.2) is 0 Å². The van der Waals surface area contributed by atoms with Crippen molar-refractivity contribution in [2.24, 2.45) is 0 Å². The van der Waals surface area contributed by atoms with Crippen LogP contribution in [0.5, 0.6) is 0 Å². The summed E-state index contributed by atoms with van der Waals surface area (Å²) in [5.74, 6) is -2.96. The maximum atomic E-state index is 13.3. The van der Waals surface area contributed by atoms with Crippen LogP contribution in [0.15, 0.2) is 35.1 Å². The van der Waals surface area contributed by atoms with E-state index in [-0.39, 0.29) is 4.57 Å². The number of anilines is 1. The second-order valence-electron chi connectivity index (χ2n) is 6.00. The van der Waals surface area contributed by atoms with Crippen LogP contribution in [0.3, 0.4) is 0 Å². The number of nitrogens with two attached hydrogens (primary N) is 1. The second-order valence-corrected chi connectivity index (χ2v) is 6.00. The predicted octanol–water partition coefficient (Wildman–Crippen LogP) is 1.62. The predicted molar refractivity (Wildman–Crippen MR) is 84.3 cm³/mol. The molecule has 7 nitrogen and oxygen atoms in total. The van der Waals surface area contributed by atoms with Crippen LogP contribution in [-0.4, -0.2) is 33.8 Å². The number of alkyl halides is 6. The molecule has 0 atom stereocenters. The van der Waals surface area contributed by atoms with Gasteiger partial charge in [0.05, 0.1) is 16.8 Å². The van der Waals surface area contributed by atoms with E-state index in [0.29, 0.717) is 18.2 Å². The van der Waals surface area contributed by atoms with Gasteiger partial charge in [0.1, 0.15) is 5.82 Å². The summed E-state index contributed by atoms with van der Waals surface area (Å²) in [4.78, 5) is 35.9. The van der Waals surface area contributed by atoms with Crippen molar-refractivity contribution in [1.29, 1.82) is 0 Å². The van der Waals surface area contributed by atoms with E-state index in [0.717, 1.165) is 12.1 Å². The molecule has 1 aliphatic heterocycles.